The molecule has 0 aromatic heterocycles. The van der Waals surface area contributed by atoms with Crippen LogP contribution in [0.25, 0.3) is 0 Å². The number of benzene rings is 2. The third-order valence-corrected chi connectivity index (χ3v) is 3.74. The minimum atomic E-state index is 0.0913. The van der Waals surface area contributed by atoms with Crippen molar-refractivity contribution in [3.63, 3.8) is 0 Å². The molecule has 19 heavy (non-hydrogen) atoms. The van der Waals surface area contributed by atoms with Gasteiger partial charge < -0.3 is 10.1 Å². The molecule has 2 heteroatoms. The molecule has 1 atom stereocenters. The Morgan fingerprint density at radius 2 is 1.63 bits per heavy atom. The number of anilines is 1. The quantitative estimate of drug-likeness (QED) is 0.824. The van der Waals surface area contributed by atoms with Crippen molar-refractivity contribution >= 4 is 5.69 Å². The molecule has 3 rings (SSSR count). The molecule has 1 N–H and O–H groups in total. The molecule has 1 aliphatic heterocycles. The number of hydrogen-bond acceptors (Lipinski definition) is 2. The minimum Gasteiger partial charge on any atom is -0.481 e. The predicted molar refractivity (Wildman–Crippen MR) is 79.0 cm³/mol. The molecule has 0 fully saturated rings. The van der Waals surface area contributed by atoms with Gasteiger partial charge in [-0.05, 0) is 37.5 Å². The van der Waals surface area contributed by atoms with Gasteiger partial charge in [0.05, 0.1) is 12.2 Å². The average Bonchev–Trinajstić information content (AvgIpc) is 2.43. The highest BCUT2D eigenvalue weighted by molar-refractivity contribution is 5.66. The summed E-state index contributed by atoms with van der Waals surface area (Å²) < 4.78 is 6.21. The molecule has 1 heterocycles. The van der Waals surface area contributed by atoms with E-state index in [4.69, 9.17) is 4.74 Å². The van der Waals surface area contributed by atoms with Gasteiger partial charge in [0.1, 0.15) is 11.9 Å². The lowest BCUT2D eigenvalue weighted by molar-refractivity contribution is 0.209. The minimum absolute atomic E-state index is 0.0913. The lowest BCUT2D eigenvalue weighted by Crippen LogP contribution is -2.24. The summed E-state index contributed by atoms with van der Waals surface area (Å²) in [5, 5.41) is 3.51. The van der Waals surface area contributed by atoms with E-state index in [9.17, 15) is 0 Å². The van der Waals surface area contributed by atoms with Crippen LogP contribution in [-0.4, -0.2) is 6.54 Å². The lowest BCUT2D eigenvalue weighted by Gasteiger charge is -2.30. The van der Waals surface area contributed by atoms with Crippen molar-refractivity contribution in [3.05, 3.63) is 58.7 Å². The van der Waals surface area contributed by atoms with E-state index in [-0.39, 0.29) is 6.10 Å². The summed E-state index contributed by atoms with van der Waals surface area (Å²) in [7, 11) is 0. The molecule has 98 valence electrons. The molecule has 0 saturated heterocycles. The summed E-state index contributed by atoms with van der Waals surface area (Å²) >= 11 is 0. The topological polar surface area (TPSA) is 21.3 Å². The van der Waals surface area contributed by atoms with Crippen LogP contribution < -0.4 is 10.1 Å². The number of nitrogens with one attached hydrogen (secondary N) is 1. The fourth-order valence-electron chi connectivity index (χ4n) is 2.50. The molecule has 0 spiro atoms. The van der Waals surface area contributed by atoms with Crippen molar-refractivity contribution in [3.8, 4) is 5.75 Å². The second-order valence-corrected chi connectivity index (χ2v) is 5.30. The Morgan fingerprint density at radius 1 is 0.947 bits per heavy atom. The fourth-order valence-corrected chi connectivity index (χ4v) is 2.50. The van der Waals surface area contributed by atoms with Crippen LogP contribution in [0.1, 0.15) is 28.4 Å². The number of fused-ring (bicyclic) bond motifs is 1. The van der Waals surface area contributed by atoms with E-state index >= 15 is 0 Å². The standard InChI is InChI=1S/C17H19NO/c1-11-4-8-14(9-5-11)15-10-18-16-12(2)6-7-13(3)17(16)19-15/h4-9,15,18H,10H2,1-3H3. The number of aryl methyl sites for hydroxylation is 3. The maximum absolute atomic E-state index is 6.21. The third-order valence-electron chi connectivity index (χ3n) is 3.74. The summed E-state index contributed by atoms with van der Waals surface area (Å²) in [5.41, 5.74) is 6.07. The maximum atomic E-state index is 6.21. The van der Waals surface area contributed by atoms with Gasteiger partial charge >= 0.3 is 0 Å². The van der Waals surface area contributed by atoms with E-state index in [1.54, 1.807) is 0 Å². The molecule has 0 amide bonds. The first-order valence-corrected chi connectivity index (χ1v) is 6.72. The van der Waals surface area contributed by atoms with E-state index in [0.29, 0.717) is 0 Å². The normalized spacial score (nSPS) is 17.3. The predicted octanol–water partition coefficient (Wildman–Crippen LogP) is 4.16. The molecular formula is C17H19NO. The van der Waals surface area contributed by atoms with Crippen LogP contribution in [0.15, 0.2) is 36.4 Å². The van der Waals surface area contributed by atoms with E-state index in [0.717, 1.165) is 18.0 Å². The second kappa shape index (κ2) is 4.61. The first-order valence-electron chi connectivity index (χ1n) is 6.72. The monoisotopic (exact) mass is 253 g/mol. The highest BCUT2D eigenvalue weighted by Crippen LogP contribution is 2.38. The van der Waals surface area contributed by atoms with Crippen LogP contribution in [0.5, 0.6) is 5.75 Å². The van der Waals surface area contributed by atoms with Gasteiger partial charge in [0, 0.05) is 0 Å². The Morgan fingerprint density at radius 3 is 2.37 bits per heavy atom. The average molecular weight is 253 g/mol. The first-order chi connectivity index (χ1) is 9.15. The van der Waals surface area contributed by atoms with E-state index in [1.165, 1.54) is 22.3 Å². The maximum Gasteiger partial charge on any atom is 0.146 e. The first kappa shape index (κ1) is 12.1. The van der Waals surface area contributed by atoms with Crippen molar-refractivity contribution in [2.75, 3.05) is 11.9 Å². The Labute approximate surface area is 114 Å². The smallest absolute Gasteiger partial charge is 0.146 e. The lowest BCUT2D eigenvalue weighted by atomic mass is 10.0. The van der Waals surface area contributed by atoms with Gasteiger partial charge in [0.2, 0.25) is 0 Å². The number of ether oxygens (including phenoxy) is 1. The van der Waals surface area contributed by atoms with Crippen LogP contribution in [-0.2, 0) is 0 Å². The van der Waals surface area contributed by atoms with E-state index in [1.807, 2.05) is 0 Å². The third kappa shape index (κ3) is 2.19. The fraction of sp³-hybridized carbons (Fsp3) is 0.294. The van der Waals surface area contributed by atoms with Crippen LogP contribution in [0.2, 0.25) is 0 Å². The molecule has 0 saturated carbocycles. The molecule has 2 aromatic rings. The zero-order valence-corrected chi connectivity index (χ0v) is 11.7. The molecule has 2 aromatic carbocycles. The second-order valence-electron chi connectivity index (χ2n) is 5.30. The Hall–Kier alpha value is -1.96. The molecule has 2 nitrogen and oxygen atoms in total. The number of rotatable bonds is 1. The van der Waals surface area contributed by atoms with Gasteiger partial charge in [0.25, 0.3) is 0 Å². The molecule has 0 radical (unpaired) electrons. The Kier molecular flexibility index (Phi) is 2.94. The molecule has 0 aliphatic carbocycles. The zero-order valence-electron chi connectivity index (χ0n) is 11.7. The van der Waals surface area contributed by atoms with Crippen molar-refractivity contribution in [2.45, 2.75) is 26.9 Å². The molecule has 1 aliphatic rings. The summed E-state index contributed by atoms with van der Waals surface area (Å²) in [6.07, 6.45) is 0.0913. The van der Waals surface area contributed by atoms with Crippen LogP contribution in [0.4, 0.5) is 5.69 Å². The molecular weight excluding hydrogens is 234 g/mol. The van der Waals surface area contributed by atoms with Crippen molar-refractivity contribution in [1.29, 1.82) is 0 Å². The van der Waals surface area contributed by atoms with Gasteiger partial charge in [0.15, 0.2) is 0 Å². The van der Waals surface area contributed by atoms with Crippen LogP contribution in [0.3, 0.4) is 0 Å². The summed E-state index contributed by atoms with van der Waals surface area (Å²) in [6.45, 7) is 7.13. The molecule has 0 bridgehead atoms. The number of hydrogen-bond donors (Lipinski definition) is 1. The highest BCUT2D eigenvalue weighted by Gasteiger charge is 2.23. The van der Waals surface area contributed by atoms with Crippen molar-refractivity contribution in [2.24, 2.45) is 0 Å². The van der Waals surface area contributed by atoms with Gasteiger partial charge in [-0.15, -0.1) is 0 Å². The Balaban J connectivity index is 1.94. The summed E-state index contributed by atoms with van der Waals surface area (Å²) in [4.78, 5) is 0. The van der Waals surface area contributed by atoms with Gasteiger partial charge in [-0.2, -0.15) is 0 Å². The van der Waals surface area contributed by atoms with Gasteiger partial charge in [-0.1, -0.05) is 42.0 Å². The summed E-state index contributed by atoms with van der Waals surface area (Å²) in [5.74, 6) is 0.997. The summed E-state index contributed by atoms with van der Waals surface area (Å²) in [6, 6.07) is 12.8. The zero-order chi connectivity index (χ0) is 13.4. The van der Waals surface area contributed by atoms with Gasteiger partial charge in [-0.3, -0.25) is 0 Å². The largest absolute Gasteiger partial charge is 0.481 e. The van der Waals surface area contributed by atoms with E-state index < -0.39 is 0 Å². The van der Waals surface area contributed by atoms with Crippen LogP contribution >= 0.6 is 0 Å². The van der Waals surface area contributed by atoms with Gasteiger partial charge in [-0.25, -0.2) is 0 Å². The molecule has 1 unspecified atom stereocenters. The highest BCUT2D eigenvalue weighted by atomic mass is 16.5. The SMILES string of the molecule is Cc1ccc(C2CNc3c(C)ccc(C)c3O2)cc1. The van der Waals surface area contributed by atoms with Crippen LogP contribution in [0, 0.1) is 20.8 Å². The Bertz CT molecular complexity index is 601. The van der Waals surface area contributed by atoms with E-state index in [2.05, 4.69) is 62.5 Å². The van der Waals surface area contributed by atoms with Crippen molar-refractivity contribution < 1.29 is 4.74 Å². The van der Waals surface area contributed by atoms with Crippen molar-refractivity contribution in [1.82, 2.24) is 0 Å².